The number of rotatable bonds is 3. The Morgan fingerprint density at radius 1 is 1.24 bits per heavy atom. The summed E-state index contributed by atoms with van der Waals surface area (Å²) in [5.41, 5.74) is 2.66. The van der Waals surface area contributed by atoms with Crippen molar-refractivity contribution in [3.8, 4) is 5.88 Å². The molecule has 0 amide bonds. The predicted molar refractivity (Wildman–Crippen MR) is 67.4 cm³/mol. The second-order valence-electron chi connectivity index (χ2n) is 5.07. The van der Waals surface area contributed by atoms with E-state index in [-0.39, 0.29) is 0 Å². The van der Waals surface area contributed by atoms with E-state index in [1.54, 1.807) is 0 Å². The lowest BCUT2D eigenvalue weighted by Gasteiger charge is -2.23. The van der Waals surface area contributed by atoms with Crippen LogP contribution in [0.1, 0.15) is 36.9 Å². The number of nitrogens with zero attached hydrogens (tertiary/aromatic N) is 1. The fourth-order valence-electron chi connectivity index (χ4n) is 2.73. The average molecular weight is 232 g/mol. The third kappa shape index (κ3) is 2.60. The molecule has 3 heteroatoms. The fraction of sp³-hybridized carbons (Fsp3) is 0.643. The molecule has 1 saturated heterocycles. The van der Waals surface area contributed by atoms with Gasteiger partial charge in [-0.25, -0.2) is 4.98 Å². The highest BCUT2D eigenvalue weighted by Gasteiger charge is 2.15. The molecule has 1 unspecified atom stereocenters. The van der Waals surface area contributed by atoms with Gasteiger partial charge in [-0.2, -0.15) is 0 Å². The Balaban J connectivity index is 1.57. The molecule has 0 aromatic carbocycles. The average Bonchev–Trinajstić information content (AvgIpc) is 2.85. The molecule has 1 aromatic heterocycles. The molecule has 1 N–H and O–H groups in total. The third-order valence-electron chi connectivity index (χ3n) is 3.75. The second kappa shape index (κ2) is 5.05. The maximum absolute atomic E-state index is 5.80. The molecule has 0 saturated carbocycles. The van der Waals surface area contributed by atoms with Crippen LogP contribution in [0.3, 0.4) is 0 Å². The predicted octanol–water partition coefficient (Wildman–Crippen LogP) is 2.09. The van der Waals surface area contributed by atoms with Gasteiger partial charge in [0.2, 0.25) is 5.88 Å². The summed E-state index contributed by atoms with van der Waals surface area (Å²) in [7, 11) is 0. The first kappa shape index (κ1) is 11.0. The van der Waals surface area contributed by atoms with Crippen molar-refractivity contribution < 1.29 is 4.74 Å². The van der Waals surface area contributed by atoms with Crippen LogP contribution in [-0.4, -0.2) is 24.2 Å². The summed E-state index contributed by atoms with van der Waals surface area (Å²) in [4.78, 5) is 4.59. The smallest absolute Gasteiger partial charge is 0.213 e. The Kier molecular flexibility index (Phi) is 3.27. The van der Waals surface area contributed by atoms with Gasteiger partial charge < -0.3 is 10.1 Å². The summed E-state index contributed by atoms with van der Waals surface area (Å²) in [5, 5.41) is 3.49. The first-order valence-corrected chi connectivity index (χ1v) is 6.77. The highest BCUT2D eigenvalue weighted by atomic mass is 16.5. The van der Waals surface area contributed by atoms with Gasteiger partial charge in [-0.1, -0.05) is 12.5 Å². The van der Waals surface area contributed by atoms with Crippen LogP contribution in [0.2, 0.25) is 0 Å². The zero-order valence-electron chi connectivity index (χ0n) is 10.2. The number of hydrogen-bond donors (Lipinski definition) is 1. The van der Waals surface area contributed by atoms with E-state index in [4.69, 9.17) is 4.74 Å². The second-order valence-corrected chi connectivity index (χ2v) is 5.07. The molecule has 2 heterocycles. The highest BCUT2D eigenvalue weighted by molar-refractivity contribution is 5.29. The number of piperidine rings is 1. The van der Waals surface area contributed by atoms with Gasteiger partial charge in [-0.05, 0) is 44.2 Å². The van der Waals surface area contributed by atoms with Crippen LogP contribution in [0.25, 0.3) is 0 Å². The Labute approximate surface area is 103 Å². The van der Waals surface area contributed by atoms with Gasteiger partial charge in [0.05, 0.1) is 0 Å². The van der Waals surface area contributed by atoms with E-state index >= 15 is 0 Å². The van der Waals surface area contributed by atoms with Gasteiger partial charge in [0, 0.05) is 17.8 Å². The van der Waals surface area contributed by atoms with Gasteiger partial charge >= 0.3 is 0 Å². The minimum absolute atomic E-state index is 0.513. The van der Waals surface area contributed by atoms with E-state index in [9.17, 15) is 0 Å². The van der Waals surface area contributed by atoms with E-state index in [2.05, 4.69) is 16.4 Å². The number of aryl methyl sites for hydroxylation is 2. The summed E-state index contributed by atoms with van der Waals surface area (Å²) in [6, 6.07) is 4.71. The molecule has 1 aliphatic heterocycles. The van der Waals surface area contributed by atoms with Crippen molar-refractivity contribution in [1.82, 2.24) is 10.3 Å². The van der Waals surface area contributed by atoms with Crippen molar-refractivity contribution >= 4 is 0 Å². The Bertz CT molecular complexity index is 386. The fourth-order valence-corrected chi connectivity index (χ4v) is 2.73. The van der Waals surface area contributed by atoms with Crippen LogP contribution >= 0.6 is 0 Å². The van der Waals surface area contributed by atoms with Gasteiger partial charge in [-0.15, -0.1) is 0 Å². The standard InChI is InChI=1S/C14H20N2O/c1-2-9-15-12(5-1)10-17-14-8-7-11-4-3-6-13(11)16-14/h7-8,12,15H,1-6,9-10H2. The maximum Gasteiger partial charge on any atom is 0.213 e. The van der Waals surface area contributed by atoms with Crippen molar-refractivity contribution in [3.63, 3.8) is 0 Å². The number of aromatic nitrogens is 1. The summed E-state index contributed by atoms with van der Waals surface area (Å²) >= 11 is 0. The summed E-state index contributed by atoms with van der Waals surface area (Å²) in [5.74, 6) is 0.804. The van der Waals surface area contributed by atoms with Gasteiger partial charge in [0.25, 0.3) is 0 Å². The minimum atomic E-state index is 0.513. The lowest BCUT2D eigenvalue weighted by atomic mass is 10.1. The third-order valence-corrected chi connectivity index (χ3v) is 3.75. The summed E-state index contributed by atoms with van der Waals surface area (Å²) in [6.07, 6.45) is 7.40. The van der Waals surface area contributed by atoms with E-state index in [1.807, 2.05) is 6.07 Å². The number of ether oxygens (including phenoxy) is 1. The largest absolute Gasteiger partial charge is 0.476 e. The topological polar surface area (TPSA) is 34.1 Å². The van der Waals surface area contributed by atoms with Gasteiger partial charge in [-0.3, -0.25) is 0 Å². The molecule has 1 atom stereocenters. The Morgan fingerprint density at radius 3 is 3.12 bits per heavy atom. The summed E-state index contributed by atoms with van der Waals surface area (Å²) in [6.45, 7) is 1.89. The zero-order chi connectivity index (χ0) is 11.5. The molecule has 0 radical (unpaired) electrons. The zero-order valence-corrected chi connectivity index (χ0v) is 10.2. The molecular formula is C14H20N2O. The van der Waals surface area contributed by atoms with Gasteiger partial charge in [0.15, 0.2) is 0 Å². The van der Waals surface area contributed by atoms with Crippen LogP contribution in [0.15, 0.2) is 12.1 Å². The van der Waals surface area contributed by atoms with E-state index in [1.165, 1.54) is 43.4 Å². The molecule has 2 aliphatic rings. The summed E-state index contributed by atoms with van der Waals surface area (Å²) < 4.78 is 5.80. The van der Waals surface area contributed by atoms with Crippen molar-refractivity contribution in [2.45, 2.75) is 44.6 Å². The number of pyridine rings is 1. The van der Waals surface area contributed by atoms with Crippen LogP contribution in [0, 0.1) is 0 Å². The normalized spacial score (nSPS) is 23.4. The molecule has 0 bridgehead atoms. The maximum atomic E-state index is 5.80. The van der Waals surface area contributed by atoms with Crippen molar-refractivity contribution in [2.24, 2.45) is 0 Å². The van der Waals surface area contributed by atoms with E-state index < -0.39 is 0 Å². The number of hydrogen-bond acceptors (Lipinski definition) is 3. The molecule has 0 spiro atoms. The Hall–Kier alpha value is -1.09. The monoisotopic (exact) mass is 232 g/mol. The van der Waals surface area contributed by atoms with Crippen molar-refractivity contribution in [3.05, 3.63) is 23.4 Å². The van der Waals surface area contributed by atoms with Crippen LogP contribution in [-0.2, 0) is 12.8 Å². The molecule has 1 aromatic rings. The lowest BCUT2D eigenvalue weighted by molar-refractivity contribution is 0.231. The van der Waals surface area contributed by atoms with E-state index in [0.717, 1.165) is 25.5 Å². The first-order chi connectivity index (χ1) is 8.42. The van der Waals surface area contributed by atoms with Crippen molar-refractivity contribution in [2.75, 3.05) is 13.2 Å². The van der Waals surface area contributed by atoms with Crippen LogP contribution in [0.5, 0.6) is 5.88 Å². The highest BCUT2D eigenvalue weighted by Crippen LogP contribution is 2.22. The molecule has 92 valence electrons. The molecule has 3 nitrogen and oxygen atoms in total. The van der Waals surface area contributed by atoms with E-state index in [0.29, 0.717) is 6.04 Å². The van der Waals surface area contributed by atoms with Gasteiger partial charge in [0.1, 0.15) is 6.61 Å². The Morgan fingerprint density at radius 2 is 2.24 bits per heavy atom. The first-order valence-electron chi connectivity index (χ1n) is 6.77. The van der Waals surface area contributed by atoms with Crippen LogP contribution in [0.4, 0.5) is 0 Å². The molecule has 1 aliphatic carbocycles. The minimum Gasteiger partial charge on any atom is -0.476 e. The number of nitrogens with one attached hydrogen (secondary N) is 1. The number of fused-ring (bicyclic) bond motifs is 1. The lowest BCUT2D eigenvalue weighted by Crippen LogP contribution is -2.38. The molecule has 1 fully saturated rings. The quantitative estimate of drug-likeness (QED) is 0.866. The SMILES string of the molecule is c1cc2c(nc1OCC1CCCCN1)CCC2. The molecular weight excluding hydrogens is 212 g/mol. The van der Waals surface area contributed by atoms with Crippen molar-refractivity contribution in [1.29, 1.82) is 0 Å². The molecule has 17 heavy (non-hydrogen) atoms. The molecule has 3 rings (SSSR count). The van der Waals surface area contributed by atoms with Crippen LogP contribution < -0.4 is 10.1 Å².